The molecule has 0 saturated heterocycles. The molecular weight excluding hydrogens is 565 g/mol. The first-order chi connectivity index (χ1) is 15.9. The van der Waals surface area contributed by atoms with Crippen LogP contribution < -0.4 is 9.62 Å². The number of sulfonamides is 1. The molecule has 0 aromatic heterocycles. The van der Waals surface area contributed by atoms with E-state index in [9.17, 15) is 18.0 Å². The Morgan fingerprint density at radius 2 is 1.76 bits per heavy atom. The van der Waals surface area contributed by atoms with Crippen LogP contribution in [0.25, 0.3) is 0 Å². The third-order valence-corrected chi connectivity index (χ3v) is 7.40. The minimum Gasteiger partial charge on any atom is -0.354 e. The molecule has 0 radical (unpaired) electrons. The predicted octanol–water partition coefficient (Wildman–Crippen LogP) is 4.86. The van der Waals surface area contributed by atoms with Gasteiger partial charge in [0.25, 0.3) is 0 Å². The molecule has 2 rings (SSSR count). The van der Waals surface area contributed by atoms with E-state index in [0.717, 1.165) is 27.9 Å². The Balaban J connectivity index is 2.37. The lowest BCUT2D eigenvalue weighted by Crippen LogP contribution is -2.51. The van der Waals surface area contributed by atoms with Gasteiger partial charge in [-0.15, -0.1) is 0 Å². The summed E-state index contributed by atoms with van der Waals surface area (Å²) >= 11 is 15.6. The van der Waals surface area contributed by atoms with Crippen molar-refractivity contribution in [3.63, 3.8) is 0 Å². The molecule has 0 aliphatic heterocycles. The molecule has 0 saturated carbocycles. The van der Waals surface area contributed by atoms with Crippen LogP contribution in [0, 0.1) is 0 Å². The number of rotatable bonds is 11. The Morgan fingerprint density at radius 1 is 1.12 bits per heavy atom. The normalized spacial score (nSPS) is 12.2. The molecule has 34 heavy (non-hydrogen) atoms. The number of hydrogen-bond acceptors (Lipinski definition) is 4. The van der Waals surface area contributed by atoms with E-state index < -0.39 is 28.5 Å². The van der Waals surface area contributed by atoms with Crippen LogP contribution in [0.2, 0.25) is 10.0 Å². The number of carbonyl (C=O) groups is 2. The lowest BCUT2D eigenvalue weighted by Gasteiger charge is -2.31. The highest BCUT2D eigenvalue weighted by Crippen LogP contribution is 2.25. The highest BCUT2D eigenvalue weighted by Gasteiger charge is 2.30. The molecule has 0 heterocycles. The van der Waals surface area contributed by atoms with Crippen LogP contribution in [0.4, 0.5) is 5.69 Å². The van der Waals surface area contributed by atoms with E-state index in [0.29, 0.717) is 27.8 Å². The van der Waals surface area contributed by atoms with Crippen molar-refractivity contribution in [3.8, 4) is 0 Å². The summed E-state index contributed by atoms with van der Waals surface area (Å²) < 4.78 is 26.8. The van der Waals surface area contributed by atoms with Gasteiger partial charge in [-0.2, -0.15) is 0 Å². The standard InChI is InChI=1S/C23H28BrCl2N3O4S/c1-4-5-12-27-23(31)16(2)28(14-17-6-9-19(25)13-21(17)26)22(30)15-29(34(3,32)33)20-10-7-18(24)8-11-20/h6-11,13,16H,4-5,12,14-15H2,1-3H3,(H,27,31). The number of hydrogen-bond donors (Lipinski definition) is 1. The zero-order valence-corrected chi connectivity index (χ0v) is 23.1. The van der Waals surface area contributed by atoms with Crippen LogP contribution in [-0.4, -0.2) is 50.5 Å². The summed E-state index contributed by atoms with van der Waals surface area (Å²) in [5, 5.41) is 3.61. The third kappa shape index (κ3) is 8.15. The molecule has 1 atom stereocenters. The summed E-state index contributed by atoms with van der Waals surface area (Å²) in [5.74, 6) is -0.876. The average Bonchev–Trinajstić information content (AvgIpc) is 2.76. The molecule has 186 valence electrons. The molecule has 2 amide bonds. The molecule has 1 unspecified atom stereocenters. The molecule has 7 nitrogen and oxygen atoms in total. The van der Waals surface area contributed by atoms with Crippen molar-refractivity contribution in [3.05, 3.63) is 62.5 Å². The number of nitrogens with zero attached hydrogens (tertiary/aromatic N) is 2. The lowest BCUT2D eigenvalue weighted by molar-refractivity contribution is -0.139. The van der Waals surface area contributed by atoms with Crippen molar-refractivity contribution in [2.24, 2.45) is 0 Å². The summed E-state index contributed by atoms with van der Waals surface area (Å²) in [6, 6.07) is 10.6. The molecule has 0 fully saturated rings. The first-order valence-corrected chi connectivity index (χ1v) is 14.1. The summed E-state index contributed by atoms with van der Waals surface area (Å²) in [5.41, 5.74) is 0.922. The SMILES string of the molecule is CCCCNC(=O)C(C)N(Cc1ccc(Cl)cc1Cl)C(=O)CN(c1ccc(Br)cc1)S(C)(=O)=O. The zero-order valence-electron chi connectivity index (χ0n) is 19.2. The van der Waals surface area contributed by atoms with Crippen LogP contribution in [0.15, 0.2) is 46.9 Å². The van der Waals surface area contributed by atoms with Crippen LogP contribution in [0.1, 0.15) is 32.3 Å². The van der Waals surface area contributed by atoms with Crippen LogP contribution in [0.3, 0.4) is 0 Å². The molecule has 2 aromatic rings. The van der Waals surface area contributed by atoms with Crippen molar-refractivity contribution in [1.82, 2.24) is 10.2 Å². The summed E-state index contributed by atoms with van der Waals surface area (Å²) in [6.45, 7) is 3.63. The van der Waals surface area contributed by atoms with E-state index in [1.807, 2.05) is 6.92 Å². The maximum atomic E-state index is 13.5. The fraction of sp³-hybridized carbons (Fsp3) is 0.391. The third-order valence-electron chi connectivity index (χ3n) is 5.15. The molecule has 1 N–H and O–H groups in total. The van der Waals surface area contributed by atoms with Gasteiger partial charge in [0.05, 0.1) is 11.9 Å². The first-order valence-electron chi connectivity index (χ1n) is 10.7. The van der Waals surface area contributed by atoms with Gasteiger partial charge in [-0.1, -0.05) is 58.5 Å². The minimum absolute atomic E-state index is 0.00907. The van der Waals surface area contributed by atoms with Gasteiger partial charge < -0.3 is 10.2 Å². The van der Waals surface area contributed by atoms with Crippen LogP contribution >= 0.6 is 39.1 Å². The molecule has 0 bridgehead atoms. The molecule has 0 spiro atoms. The van der Waals surface area contributed by atoms with Crippen LogP contribution in [0.5, 0.6) is 0 Å². The van der Waals surface area contributed by atoms with E-state index in [2.05, 4.69) is 21.2 Å². The second kappa shape index (κ2) is 12.8. The van der Waals surface area contributed by atoms with Crippen molar-refractivity contribution >= 4 is 66.7 Å². The van der Waals surface area contributed by atoms with Gasteiger partial charge >= 0.3 is 0 Å². The van der Waals surface area contributed by atoms with Crippen molar-refractivity contribution in [2.75, 3.05) is 23.7 Å². The summed E-state index contributed by atoms with van der Waals surface area (Å²) in [6.07, 6.45) is 2.75. The molecular formula is C23H28BrCl2N3O4S. The van der Waals surface area contributed by atoms with Crippen molar-refractivity contribution in [2.45, 2.75) is 39.3 Å². The molecule has 11 heteroatoms. The van der Waals surface area contributed by atoms with Crippen molar-refractivity contribution in [1.29, 1.82) is 0 Å². The maximum Gasteiger partial charge on any atom is 0.244 e. The number of nitrogens with one attached hydrogen (secondary N) is 1. The minimum atomic E-state index is -3.78. The summed E-state index contributed by atoms with van der Waals surface area (Å²) in [4.78, 5) is 27.6. The monoisotopic (exact) mass is 591 g/mol. The number of anilines is 1. The van der Waals surface area contributed by atoms with Crippen LogP contribution in [-0.2, 0) is 26.2 Å². The number of carbonyl (C=O) groups excluding carboxylic acids is 2. The van der Waals surface area contributed by atoms with E-state index >= 15 is 0 Å². The highest BCUT2D eigenvalue weighted by atomic mass is 79.9. The second-order valence-electron chi connectivity index (χ2n) is 7.82. The topological polar surface area (TPSA) is 86.8 Å². The number of unbranched alkanes of at least 4 members (excludes halogenated alkanes) is 1. The quantitative estimate of drug-likeness (QED) is 0.378. The van der Waals surface area contributed by atoms with Gasteiger partial charge in [-0.25, -0.2) is 8.42 Å². The van der Waals surface area contributed by atoms with Gasteiger partial charge in [-0.05, 0) is 55.3 Å². The fourth-order valence-electron chi connectivity index (χ4n) is 3.17. The zero-order chi connectivity index (χ0) is 25.5. The Bertz CT molecular complexity index is 1110. The number of amides is 2. The predicted molar refractivity (Wildman–Crippen MR) is 141 cm³/mol. The Kier molecular flexibility index (Phi) is 10.7. The molecule has 2 aromatic carbocycles. The van der Waals surface area contributed by atoms with E-state index in [4.69, 9.17) is 23.2 Å². The molecule has 0 aliphatic rings. The van der Waals surface area contributed by atoms with E-state index in [-0.39, 0.29) is 12.5 Å². The molecule has 0 aliphatic carbocycles. The Morgan fingerprint density at radius 3 is 2.32 bits per heavy atom. The maximum absolute atomic E-state index is 13.5. The fourth-order valence-corrected chi connectivity index (χ4v) is 4.76. The van der Waals surface area contributed by atoms with Gasteiger partial charge in [0.1, 0.15) is 12.6 Å². The van der Waals surface area contributed by atoms with Gasteiger partial charge in [0.15, 0.2) is 0 Å². The summed E-state index contributed by atoms with van der Waals surface area (Å²) in [7, 11) is -3.78. The Labute approximate surface area is 219 Å². The van der Waals surface area contributed by atoms with Crippen molar-refractivity contribution < 1.29 is 18.0 Å². The highest BCUT2D eigenvalue weighted by molar-refractivity contribution is 9.10. The largest absolute Gasteiger partial charge is 0.354 e. The van der Waals surface area contributed by atoms with Gasteiger partial charge in [0, 0.05) is 27.6 Å². The number of halogens is 3. The van der Waals surface area contributed by atoms with E-state index in [1.54, 1.807) is 49.4 Å². The first kappa shape index (κ1) is 28.4. The van der Waals surface area contributed by atoms with E-state index in [1.165, 1.54) is 4.90 Å². The second-order valence-corrected chi connectivity index (χ2v) is 11.5. The average molecular weight is 593 g/mol. The van der Waals surface area contributed by atoms with Gasteiger partial charge in [0.2, 0.25) is 21.8 Å². The Hall–Kier alpha value is -1.81. The number of benzene rings is 2. The lowest BCUT2D eigenvalue weighted by atomic mass is 10.1. The smallest absolute Gasteiger partial charge is 0.244 e. The van der Waals surface area contributed by atoms with Gasteiger partial charge in [-0.3, -0.25) is 13.9 Å².